The fourth-order valence-electron chi connectivity index (χ4n) is 2.72. The Morgan fingerprint density at radius 2 is 1.76 bits per heavy atom. The second-order valence-electron chi connectivity index (χ2n) is 5.44. The summed E-state index contributed by atoms with van der Waals surface area (Å²) in [4.78, 5) is 12.8. The van der Waals surface area contributed by atoms with Crippen molar-refractivity contribution in [3.63, 3.8) is 0 Å². The Kier molecular flexibility index (Phi) is 4.56. The molecule has 1 aromatic carbocycles. The van der Waals surface area contributed by atoms with Gasteiger partial charge in [0.1, 0.15) is 6.04 Å². The smallest absolute Gasteiger partial charge is 0.416 e. The molecule has 0 radical (unpaired) electrons. The Hall–Kier alpha value is -1.56. The maximum Gasteiger partial charge on any atom is 0.416 e. The monoisotopic (exact) mass is 301 g/mol. The summed E-state index contributed by atoms with van der Waals surface area (Å²) in [6, 6.07) is 4.77. The number of hydrogen-bond acceptors (Lipinski definition) is 2. The van der Waals surface area contributed by atoms with Gasteiger partial charge in [-0.25, -0.2) is 0 Å². The summed E-state index contributed by atoms with van der Waals surface area (Å²) in [5.41, 5.74) is 0.258. The predicted molar refractivity (Wildman–Crippen MR) is 72.1 cm³/mol. The summed E-state index contributed by atoms with van der Waals surface area (Å²) in [6.07, 6.45) is -2.77. The number of carboxylic acids is 1. The van der Waals surface area contributed by atoms with Crippen LogP contribution < -0.4 is 0 Å². The first-order valence-electron chi connectivity index (χ1n) is 6.93. The van der Waals surface area contributed by atoms with Crippen LogP contribution in [0.2, 0.25) is 0 Å². The first kappa shape index (κ1) is 15.8. The third-order valence-electron chi connectivity index (χ3n) is 4.14. The minimum Gasteiger partial charge on any atom is -0.480 e. The number of carbonyl (C=O) groups is 1. The molecule has 0 bridgehead atoms. The van der Waals surface area contributed by atoms with Crippen LogP contribution in [0.25, 0.3) is 0 Å². The van der Waals surface area contributed by atoms with Crippen molar-refractivity contribution in [2.24, 2.45) is 0 Å². The van der Waals surface area contributed by atoms with E-state index in [0.717, 1.165) is 30.5 Å². The van der Waals surface area contributed by atoms with Gasteiger partial charge < -0.3 is 5.11 Å². The molecule has 0 amide bonds. The van der Waals surface area contributed by atoms with E-state index in [9.17, 15) is 18.0 Å². The highest BCUT2D eigenvalue weighted by Crippen LogP contribution is 2.33. The molecule has 1 saturated heterocycles. The molecule has 0 spiro atoms. The lowest BCUT2D eigenvalue weighted by molar-refractivity contribution is -0.143. The van der Waals surface area contributed by atoms with E-state index >= 15 is 0 Å². The highest BCUT2D eigenvalue weighted by atomic mass is 19.4. The first-order chi connectivity index (χ1) is 9.79. The Labute approximate surface area is 121 Å². The molecule has 1 unspecified atom stereocenters. The van der Waals surface area contributed by atoms with Crippen molar-refractivity contribution in [3.8, 4) is 0 Å². The number of alkyl halides is 3. The molecular weight excluding hydrogens is 283 g/mol. The quantitative estimate of drug-likeness (QED) is 0.930. The van der Waals surface area contributed by atoms with Gasteiger partial charge in [0.25, 0.3) is 0 Å². The number of aliphatic carboxylic acids is 1. The molecule has 2 rings (SSSR count). The maximum atomic E-state index is 12.5. The number of benzene rings is 1. The summed E-state index contributed by atoms with van der Waals surface area (Å²) in [5, 5.41) is 8.98. The number of piperidine rings is 1. The van der Waals surface area contributed by atoms with Gasteiger partial charge in [0.05, 0.1) is 5.56 Å². The Bertz CT molecular complexity index is 491. The van der Waals surface area contributed by atoms with Crippen molar-refractivity contribution in [3.05, 3.63) is 35.4 Å². The van der Waals surface area contributed by atoms with Gasteiger partial charge in [0.15, 0.2) is 0 Å². The highest BCUT2D eigenvalue weighted by Gasteiger charge is 2.31. The Morgan fingerprint density at radius 1 is 1.24 bits per heavy atom. The van der Waals surface area contributed by atoms with E-state index in [4.69, 9.17) is 5.11 Å². The van der Waals surface area contributed by atoms with Gasteiger partial charge in [-0.1, -0.05) is 12.1 Å². The molecule has 0 aliphatic carbocycles. The lowest BCUT2D eigenvalue weighted by Crippen LogP contribution is -2.43. The van der Waals surface area contributed by atoms with Crippen molar-refractivity contribution in [1.82, 2.24) is 4.90 Å². The van der Waals surface area contributed by atoms with Gasteiger partial charge >= 0.3 is 12.1 Å². The molecule has 116 valence electrons. The van der Waals surface area contributed by atoms with E-state index in [0.29, 0.717) is 13.1 Å². The number of rotatable bonds is 3. The molecule has 1 heterocycles. The van der Waals surface area contributed by atoms with Crippen molar-refractivity contribution in [2.75, 3.05) is 13.1 Å². The molecule has 1 aromatic rings. The Balaban J connectivity index is 1.98. The van der Waals surface area contributed by atoms with Gasteiger partial charge in [-0.3, -0.25) is 9.69 Å². The molecule has 1 aliphatic rings. The molecule has 1 N–H and O–H groups in total. The minimum atomic E-state index is -4.31. The zero-order valence-corrected chi connectivity index (χ0v) is 11.7. The molecule has 1 fully saturated rings. The molecule has 21 heavy (non-hydrogen) atoms. The van der Waals surface area contributed by atoms with Crippen LogP contribution in [-0.4, -0.2) is 35.1 Å². The molecule has 3 nitrogen and oxygen atoms in total. The van der Waals surface area contributed by atoms with Crippen LogP contribution in [0.5, 0.6) is 0 Å². The van der Waals surface area contributed by atoms with Crippen LogP contribution in [0.1, 0.15) is 36.8 Å². The minimum absolute atomic E-state index is 0.199. The second kappa shape index (κ2) is 6.05. The SMILES string of the molecule is CC(C(=O)O)N1CCC(c2ccc(C(F)(F)F)cc2)CC1. The van der Waals surface area contributed by atoms with E-state index in [1.54, 1.807) is 6.92 Å². The van der Waals surface area contributed by atoms with Crippen LogP contribution in [0, 0.1) is 0 Å². The molecule has 0 aromatic heterocycles. The largest absolute Gasteiger partial charge is 0.480 e. The lowest BCUT2D eigenvalue weighted by atomic mass is 9.88. The topological polar surface area (TPSA) is 40.5 Å². The van der Waals surface area contributed by atoms with Gasteiger partial charge in [-0.05, 0) is 56.5 Å². The van der Waals surface area contributed by atoms with E-state index in [1.165, 1.54) is 12.1 Å². The number of halogens is 3. The zero-order chi connectivity index (χ0) is 15.6. The zero-order valence-electron chi connectivity index (χ0n) is 11.7. The standard InChI is InChI=1S/C15H18F3NO2/c1-10(14(20)21)19-8-6-12(7-9-19)11-2-4-13(5-3-11)15(16,17)18/h2-5,10,12H,6-9H2,1H3,(H,20,21). The normalized spacial score (nSPS) is 19.4. The number of hydrogen-bond donors (Lipinski definition) is 1. The third-order valence-corrected chi connectivity index (χ3v) is 4.14. The molecular formula is C15H18F3NO2. The van der Waals surface area contributed by atoms with E-state index in [1.807, 2.05) is 4.90 Å². The van der Waals surface area contributed by atoms with Gasteiger partial charge in [-0.15, -0.1) is 0 Å². The third kappa shape index (κ3) is 3.75. The molecule has 0 saturated carbocycles. The van der Waals surface area contributed by atoms with Crippen LogP contribution in [0.4, 0.5) is 13.2 Å². The number of likely N-dealkylation sites (tertiary alicyclic amines) is 1. The average Bonchev–Trinajstić information content (AvgIpc) is 2.46. The fraction of sp³-hybridized carbons (Fsp3) is 0.533. The molecule has 1 atom stereocenters. The van der Waals surface area contributed by atoms with Gasteiger partial charge in [0.2, 0.25) is 0 Å². The summed E-state index contributed by atoms with van der Waals surface area (Å²) in [5.74, 6) is -0.646. The molecule has 6 heteroatoms. The van der Waals surface area contributed by atoms with Gasteiger partial charge in [-0.2, -0.15) is 13.2 Å². The van der Waals surface area contributed by atoms with E-state index < -0.39 is 23.8 Å². The predicted octanol–water partition coefficient (Wildman–Crippen LogP) is 3.36. The van der Waals surface area contributed by atoms with E-state index in [2.05, 4.69) is 0 Å². The van der Waals surface area contributed by atoms with Crippen molar-refractivity contribution in [2.45, 2.75) is 37.9 Å². The van der Waals surface area contributed by atoms with Crippen LogP contribution in [-0.2, 0) is 11.0 Å². The fourth-order valence-corrected chi connectivity index (χ4v) is 2.72. The summed E-state index contributed by atoms with van der Waals surface area (Å²) in [7, 11) is 0. The number of carboxylic acid groups (broad SMARTS) is 1. The maximum absolute atomic E-state index is 12.5. The Morgan fingerprint density at radius 3 is 2.19 bits per heavy atom. The summed E-state index contributed by atoms with van der Waals surface area (Å²) >= 11 is 0. The average molecular weight is 301 g/mol. The van der Waals surface area contributed by atoms with Gasteiger partial charge in [0, 0.05) is 0 Å². The van der Waals surface area contributed by atoms with E-state index in [-0.39, 0.29) is 5.92 Å². The van der Waals surface area contributed by atoms with Crippen molar-refractivity contribution >= 4 is 5.97 Å². The van der Waals surface area contributed by atoms with Crippen LogP contribution in [0.3, 0.4) is 0 Å². The first-order valence-corrected chi connectivity index (χ1v) is 6.93. The van der Waals surface area contributed by atoms with Crippen LogP contribution >= 0.6 is 0 Å². The summed E-state index contributed by atoms with van der Waals surface area (Å²) < 4.78 is 37.5. The van der Waals surface area contributed by atoms with Crippen molar-refractivity contribution in [1.29, 1.82) is 0 Å². The second-order valence-corrected chi connectivity index (χ2v) is 5.44. The van der Waals surface area contributed by atoms with Crippen molar-refractivity contribution < 1.29 is 23.1 Å². The highest BCUT2D eigenvalue weighted by molar-refractivity contribution is 5.72. The lowest BCUT2D eigenvalue weighted by Gasteiger charge is -2.34. The van der Waals surface area contributed by atoms with Crippen LogP contribution in [0.15, 0.2) is 24.3 Å². The summed E-state index contributed by atoms with van der Waals surface area (Å²) in [6.45, 7) is 2.96. The number of nitrogens with zero attached hydrogens (tertiary/aromatic N) is 1. The molecule has 1 aliphatic heterocycles.